The molecule has 2 rings (SSSR count). The molecule has 0 aromatic heterocycles. The zero-order valence-electron chi connectivity index (χ0n) is 14.4. The number of esters is 1. The molecule has 0 saturated heterocycles. The number of rotatable bonds is 7. The summed E-state index contributed by atoms with van der Waals surface area (Å²) < 4.78 is 31.2. The Morgan fingerprint density at radius 1 is 1.11 bits per heavy atom. The van der Waals surface area contributed by atoms with Gasteiger partial charge in [0.15, 0.2) is 6.61 Å². The van der Waals surface area contributed by atoms with Gasteiger partial charge in [0, 0.05) is 5.69 Å². The van der Waals surface area contributed by atoms with E-state index in [4.69, 9.17) is 10.00 Å². The molecule has 9 heteroatoms. The summed E-state index contributed by atoms with van der Waals surface area (Å²) in [4.78, 5) is 23.3. The van der Waals surface area contributed by atoms with Crippen molar-refractivity contribution in [1.29, 1.82) is 5.26 Å². The van der Waals surface area contributed by atoms with E-state index in [9.17, 15) is 18.0 Å². The Morgan fingerprint density at radius 2 is 1.78 bits per heavy atom. The quantitative estimate of drug-likeness (QED) is 0.691. The SMILES string of the molecule is Cc1ccccc1NC(=O)COC(=O)CNS(=O)(=O)c1ccccc1C#N. The first-order valence-electron chi connectivity index (χ1n) is 7.83. The number of ether oxygens (including phenoxy) is 1. The van der Waals surface area contributed by atoms with Crippen LogP contribution in [0.15, 0.2) is 53.4 Å². The minimum absolute atomic E-state index is 0.0454. The van der Waals surface area contributed by atoms with Crippen molar-refractivity contribution in [2.24, 2.45) is 0 Å². The fourth-order valence-corrected chi connectivity index (χ4v) is 3.25. The normalized spacial score (nSPS) is 10.7. The molecule has 8 nitrogen and oxygen atoms in total. The van der Waals surface area contributed by atoms with Crippen LogP contribution >= 0.6 is 0 Å². The molecule has 0 bridgehead atoms. The number of anilines is 1. The smallest absolute Gasteiger partial charge is 0.321 e. The van der Waals surface area contributed by atoms with Crippen molar-refractivity contribution in [1.82, 2.24) is 4.72 Å². The molecular weight excluding hydrogens is 370 g/mol. The van der Waals surface area contributed by atoms with Gasteiger partial charge in [-0.05, 0) is 30.7 Å². The lowest BCUT2D eigenvalue weighted by Crippen LogP contribution is -2.32. The largest absolute Gasteiger partial charge is 0.455 e. The Kier molecular flexibility index (Phi) is 6.65. The molecule has 0 saturated carbocycles. The van der Waals surface area contributed by atoms with Crippen molar-refractivity contribution in [3.8, 4) is 6.07 Å². The highest BCUT2D eigenvalue weighted by Gasteiger charge is 2.20. The first kappa shape index (κ1) is 20.1. The van der Waals surface area contributed by atoms with E-state index in [0.29, 0.717) is 5.69 Å². The van der Waals surface area contributed by atoms with Gasteiger partial charge in [-0.15, -0.1) is 0 Å². The van der Waals surface area contributed by atoms with Crippen molar-refractivity contribution >= 4 is 27.6 Å². The Hall–Kier alpha value is -3.22. The first-order valence-corrected chi connectivity index (χ1v) is 9.31. The van der Waals surface area contributed by atoms with Gasteiger partial charge in [0.2, 0.25) is 10.0 Å². The fourth-order valence-electron chi connectivity index (χ4n) is 2.12. The second-order valence-electron chi connectivity index (χ2n) is 5.46. The molecule has 0 aliphatic rings. The van der Waals surface area contributed by atoms with Gasteiger partial charge in [0.1, 0.15) is 12.6 Å². The molecular formula is C18H17N3O5S. The number of nitriles is 1. The lowest BCUT2D eigenvalue weighted by molar-refractivity contribution is -0.146. The molecule has 0 aliphatic heterocycles. The van der Waals surface area contributed by atoms with E-state index in [-0.39, 0.29) is 10.5 Å². The molecule has 0 radical (unpaired) electrons. The van der Waals surface area contributed by atoms with E-state index in [2.05, 4.69) is 5.32 Å². The predicted molar refractivity (Wildman–Crippen MR) is 97.1 cm³/mol. The van der Waals surface area contributed by atoms with Crippen molar-refractivity contribution < 1.29 is 22.7 Å². The van der Waals surface area contributed by atoms with Crippen LogP contribution in [0.2, 0.25) is 0 Å². The number of aryl methyl sites for hydroxylation is 1. The number of para-hydroxylation sites is 1. The van der Waals surface area contributed by atoms with Crippen LogP contribution in [0, 0.1) is 18.3 Å². The molecule has 0 heterocycles. The van der Waals surface area contributed by atoms with Crippen LogP contribution in [-0.4, -0.2) is 33.4 Å². The third kappa shape index (κ3) is 5.64. The van der Waals surface area contributed by atoms with E-state index in [0.717, 1.165) is 5.56 Å². The molecule has 2 aromatic rings. The second-order valence-corrected chi connectivity index (χ2v) is 7.19. The molecule has 0 spiro atoms. The average Bonchev–Trinajstić information content (AvgIpc) is 2.66. The van der Waals surface area contributed by atoms with Gasteiger partial charge in [-0.3, -0.25) is 9.59 Å². The lowest BCUT2D eigenvalue weighted by atomic mass is 10.2. The van der Waals surface area contributed by atoms with Crippen molar-refractivity contribution in [3.05, 3.63) is 59.7 Å². The molecule has 140 valence electrons. The molecule has 0 aliphatic carbocycles. The van der Waals surface area contributed by atoms with Crippen LogP contribution in [0.1, 0.15) is 11.1 Å². The Morgan fingerprint density at radius 3 is 2.48 bits per heavy atom. The minimum Gasteiger partial charge on any atom is -0.455 e. The third-order valence-corrected chi connectivity index (χ3v) is 4.95. The highest BCUT2D eigenvalue weighted by Crippen LogP contribution is 2.14. The zero-order valence-corrected chi connectivity index (χ0v) is 15.2. The number of hydrogen-bond acceptors (Lipinski definition) is 6. The number of nitrogens with one attached hydrogen (secondary N) is 2. The fraction of sp³-hybridized carbons (Fsp3) is 0.167. The van der Waals surface area contributed by atoms with Crippen LogP contribution in [0.25, 0.3) is 0 Å². The topological polar surface area (TPSA) is 125 Å². The van der Waals surface area contributed by atoms with Crippen molar-refractivity contribution in [3.63, 3.8) is 0 Å². The van der Waals surface area contributed by atoms with E-state index in [1.165, 1.54) is 24.3 Å². The summed E-state index contributed by atoms with van der Waals surface area (Å²) in [5.41, 5.74) is 1.39. The van der Waals surface area contributed by atoms with E-state index in [1.54, 1.807) is 18.2 Å². The summed E-state index contributed by atoms with van der Waals surface area (Å²) in [7, 11) is -4.06. The van der Waals surface area contributed by atoms with E-state index in [1.807, 2.05) is 23.8 Å². The number of sulfonamides is 1. The van der Waals surface area contributed by atoms with Crippen LogP contribution in [0.4, 0.5) is 5.69 Å². The maximum atomic E-state index is 12.2. The molecule has 27 heavy (non-hydrogen) atoms. The standard InChI is InChI=1S/C18H17N3O5S/c1-13-6-2-4-8-15(13)21-17(22)12-26-18(23)11-20-27(24,25)16-9-5-3-7-14(16)10-19/h2-9,20H,11-12H2,1H3,(H,21,22). The van der Waals surface area contributed by atoms with Gasteiger partial charge in [-0.1, -0.05) is 30.3 Å². The summed E-state index contributed by atoms with van der Waals surface area (Å²) in [6, 6.07) is 14.5. The first-order chi connectivity index (χ1) is 12.8. The van der Waals surface area contributed by atoms with Gasteiger partial charge in [0.25, 0.3) is 5.91 Å². The van der Waals surface area contributed by atoms with Gasteiger partial charge in [-0.2, -0.15) is 9.98 Å². The maximum Gasteiger partial charge on any atom is 0.321 e. The molecule has 0 unspecified atom stereocenters. The summed E-state index contributed by atoms with van der Waals surface area (Å²) in [6.07, 6.45) is 0. The molecule has 0 atom stereocenters. The van der Waals surface area contributed by atoms with Crippen LogP contribution in [0.5, 0.6) is 0 Å². The van der Waals surface area contributed by atoms with Gasteiger partial charge < -0.3 is 10.1 Å². The highest BCUT2D eigenvalue weighted by molar-refractivity contribution is 7.89. The van der Waals surface area contributed by atoms with Crippen molar-refractivity contribution in [2.45, 2.75) is 11.8 Å². The summed E-state index contributed by atoms with van der Waals surface area (Å²) in [6.45, 7) is 0.596. The maximum absolute atomic E-state index is 12.2. The minimum atomic E-state index is -4.06. The molecule has 1 amide bonds. The third-order valence-electron chi connectivity index (χ3n) is 3.49. The second kappa shape index (κ2) is 8.93. The van der Waals surface area contributed by atoms with Crippen LogP contribution in [0.3, 0.4) is 0 Å². The summed E-state index contributed by atoms with van der Waals surface area (Å²) in [5, 5.41) is 11.6. The average molecular weight is 387 g/mol. The number of benzene rings is 2. The predicted octanol–water partition coefficient (Wildman–Crippen LogP) is 1.33. The monoisotopic (exact) mass is 387 g/mol. The van der Waals surface area contributed by atoms with E-state index < -0.39 is 35.1 Å². The number of carbonyl (C=O) groups excluding carboxylic acids is 2. The summed E-state index contributed by atoms with van der Waals surface area (Å²) >= 11 is 0. The van der Waals surface area contributed by atoms with Crippen LogP contribution in [-0.2, 0) is 24.3 Å². The number of carbonyl (C=O) groups is 2. The van der Waals surface area contributed by atoms with Gasteiger partial charge in [0.05, 0.1) is 10.5 Å². The Balaban J connectivity index is 1.86. The van der Waals surface area contributed by atoms with Crippen molar-refractivity contribution in [2.75, 3.05) is 18.5 Å². The molecule has 2 N–H and O–H groups in total. The van der Waals surface area contributed by atoms with Crippen LogP contribution < -0.4 is 10.0 Å². The van der Waals surface area contributed by atoms with E-state index >= 15 is 0 Å². The highest BCUT2D eigenvalue weighted by atomic mass is 32.2. The zero-order chi connectivity index (χ0) is 19.9. The number of nitrogens with zero attached hydrogens (tertiary/aromatic N) is 1. The summed E-state index contributed by atoms with van der Waals surface area (Å²) in [5.74, 6) is -1.47. The number of amides is 1. The van der Waals surface area contributed by atoms with Gasteiger partial charge >= 0.3 is 5.97 Å². The lowest BCUT2D eigenvalue weighted by Gasteiger charge is -2.10. The Bertz CT molecular complexity index is 996. The van der Waals surface area contributed by atoms with Gasteiger partial charge in [-0.25, -0.2) is 8.42 Å². The molecule has 2 aromatic carbocycles. The Labute approximate surface area is 156 Å². The molecule has 0 fully saturated rings. The number of hydrogen-bond donors (Lipinski definition) is 2.